The van der Waals surface area contributed by atoms with Crippen molar-refractivity contribution in [3.63, 3.8) is 0 Å². The van der Waals surface area contributed by atoms with E-state index in [4.69, 9.17) is 21.1 Å². The van der Waals surface area contributed by atoms with Gasteiger partial charge in [0.15, 0.2) is 0 Å². The van der Waals surface area contributed by atoms with Crippen LogP contribution in [0.15, 0.2) is 41.3 Å². The van der Waals surface area contributed by atoms with Crippen molar-refractivity contribution in [1.82, 2.24) is 0 Å². The van der Waals surface area contributed by atoms with Gasteiger partial charge in [0.05, 0.1) is 38.5 Å². The lowest BCUT2D eigenvalue weighted by molar-refractivity contribution is 0.0526. The molecule has 25 heavy (non-hydrogen) atoms. The molecule has 0 spiro atoms. The molecular weight excluding hydrogens is 481 g/mol. The molecular formula is C16H15ClINO5S. The molecule has 0 unspecified atom stereocenters. The van der Waals surface area contributed by atoms with Crippen LogP contribution in [-0.2, 0) is 14.8 Å². The molecule has 2 aromatic rings. The molecule has 0 saturated heterocycles. The van der Waals surface area contributed by atoms with Crippen molar-refractivity contribution in [2.45, 2.75) is 11.8 Å². The van der Waals surface area contributed by atoms with Gasteiger partial charge in [-0.25, -0.2) is 13.2 Å². The minimum atomic E-state index is -3.84. The van der Waals surface area contributed by atoms with Gasteiger partial charge in [0, 0.05) is 0 Å². The molecule has 0 fully saturated rings. The Hall–Kier alpha value is -1.52. The van der Waals surface area contributed by atoms with Gasteiger partial charge < -0.3 is 9.47 Å². The van der Waals surface area contributed by atoms with Crippen LogP contribution in [0.25, 0.3) is 0 Å². The number of esters is 1. The van der Waals surface area contributed by atoms with Crippen LogP contribution < -0.4 is 9.46 Å². The first-order valence-electron chi connectivity index (χ1n) is 7.11. The summed E-state index contributed by atoms with van der Waals surface area (Å²) in [5, 5.41) is 0.0948. The fourth-order valence-electron chi connectivity index (χ4n) is 1.96. The number of sulfonamides is 1. The van der Waals surface area contributed by atoms with Crippen LogP contribution in [0, 0.1) is 3.57 Å². The Morgan fingerprint density at radius 2 is 1.96 bits per heavy atom. The quantitative estimate of drug-likeness (QED) is 0.485. The van der Waals surface area contributed by atoms with E-state index in [2.05, 4.69) is 4.72 Å². The molecule has 0 aliphatic carbocycles. The van der Waals surface area contributed by atoms with E-state index in [0.29, 0.717) is 9.32 Å². The van der Waals surface area contributed by atoms with Crippen LogP contribution in [0.2, 0.25) is 5.02 Å². The van der Waals surface area contributed by atoms with Crippen molar-refractivity contribution in [2.75, 3.05) is 18.4 Å². The second kappa shape index (κ2) is 8.24. The van der Waals surface area contributed by atoms with Crippen LogP contribution in [0.1, 0.15) is 17.3 Å². The third kappa shape index (κ3) is 4.77. The summed E-state index contributed by atoms with van der Waals surface area (Å²) in [5.74, 6) is 0.0555. The maximum Gasteiger partial charge on any atom is 0.338 e. The standard InChI is InChI=1S/C16H15ClINO5S/c1-3-24-16(20)10-4-6-14(12(17)8-10)19-25(21,22)11-5-7-15(23-2)13(18)9-11/h4-9,19H,3H2,1-2H3. The molecule has 9 heteroatoms. The molecule has 0 amide bonds. The Balaban J connectivity index is 2.29. The first-order valence-corrected chi connectivity index (χ1v) is 10.1. The number of carbonyl (C=O) groups is 1. The summed E-state index contributed by atoms with van der Waals surface area (Å²) in [6.07, 6.45) is 0. The SMILES string of the molecule is CCOC(=O)c1ccc(NS(=O)(=O)c2ccc(OC)c(I)c2)c(Cl)c1. The van der Waals surface area contributed by atoms with Gasteiger partial charge in [-0.15, -0.1) is 0 Å². The summed E-state index contributed by atoms with van der Waals surface area (Å²) in [4.78, 5) is 11.8. The molecule has 2 aromatic carbocycles. The number of nitrogens with one attached hydrogen (secondary N) is 1. The van der Waals surface area contributed by atoms with E-state index in [-0.39, 0.29) is 27.8 Å². The molecule has 1 N–H and O–H groups in total. The van der Waals surface area contributed by atoms with Crippen molar-refractivity contribution in [3.05, 3.63) is 50.6 Å². The zero-order chi connectivity index (χ0) is 18.6. The van der Waals surface area contributed by atoms with Crippen LogP contribution in [0.3, 0.4) is 0 Å². The molecule has 134 valence electrons. The maximum absolute atomic E-state index is 12.5. The third-order valence-corrected chi connectivity index (χ3v) is 5.68. The third-order valence-electron chi connectivity index (χ3n) is 3.16. The van der Waals surface area contributed by atoms with Crippen LogP contribution in [0.5, 0.6) is 5.75 Å². The highest BCUT2D eigenvalue weighted by Crippen LogP contribution is 2.28. The highest BCUT2D eigenvalue weighted by molar-refractivity contribution is 14.1. The molecule has 0 bridgehead atoms. The lowest BCUT2D eigenvalue weighted by Gasteiger charge is -2.12. The normalized spacial score (nSPS) is 11.0. The van der Waals surface area contributed by atoms with Gasteiger partial charge in [-0.3, -0.25) is 4.72 Å². The zero-order valence-corrected chi connectivity index (χ0v) is 17.1. The topological polar surface area (TPSA) is 81.7 Å². The summed E-state index contributed by atoms with van der Waals surface area (Å²) in [5.41, 5.74) is 0.411. The van der Waals surface area contributed by atoms with Gasteiger partial charge in [-0.05, 0) is 65.9 Å². The smallest absolute Gasteiger partial charge is 0.338 e. The van der Waals surface area contributed by atoms with Crippen LogP contribution in [-0.4, -0.2) is 28.1 Å². The maximum atomic E-state index is 12.5. The molecule has 0 radical (unpaired) electrons. The first-order chi connectivity index (χ1) is 11.8. The fourth-order valence-corrected chi connectivity index (χ4v) is 4.29. The molecule has 0 aliphatic heterocycles. The average molecular weight is 496 g/mol. The Bertz CT molecular complexity index is 901. The zero-order valence-electron chi connectivity index (χ0n) is 13.4. The number of methoxy groups -OCH3 is 1. The van der Waals surface area contributed by atoms with E-state index in [9.17, 15) is 13.2 Å². The second-order valence-corrected chi connectivity index (χ2v) is 8.07. The molecule has 0 atom stereocenters. The van der Waals surface area contributed by atoms with Crippen LogP contribution >= 0.6 is 34.2 Å². The Labute approximate surface area is 164 Å². The summed E-state index contributed by atoms with van der Waals surface area (Å²) in [6.45, 7) is 1.93. The second-order valence-electron chi connectivity index (χ2n) is 4.82. The van der Waals surface area contributed by atoms with Crippen molar-refractivity contribution < 1.29 is 22.7 Å². The summed E-state index contributed by atoms with van der Waals surface area (Å²) >= 11 is 8.08. The number of carbonyl (C=O) groups excluding carboxylic acids is 1. The van der Waals surface area contributed by atoms with Gasteiger partial charge in [0.25, 0.3) is 10.0 Å². The predicted molar refractivity (Wildman–Crippen MR) is 104 cm³/mol. The van der Waals surface area contributed by atoms with Gasteiger partial charge in [0.2, 0.25) is 0 Å². The largest absolute Gasteiger partial charge is 0.496 e. The van der Waals surface area contributed by atoms with E-state index < -0.39 is 16.0 Å². The summed E-state index contributed by atoms with van der Waals surface area (Å²) in [7, 11) is -2.33. The van der Waals surface area contributed by atoms with Crippen molar-refractivity contribution in [3.8, 4) is 5.75 Å². The van der Waals surface area contributed by atoms with Crippen LogP contribution in [0.4, 0.5) is 5.69 Å². The number of benzene rings is 2. The number of hydrogen-bond acceptors (Lipinski definition) is 5. The van der Waals surface area contributed by atoms with E-state index >= 15 is 0 Å². The summed E-state index contributed by atoms with van der Waals surface area (Å²) in [6, 6.07) is 8.71. The average Bonchev–Trinajstić information content (AvgIpc) is 2.56. The number of anilines is 1. The first kappa shape index (κ1) is 19.8. The van der Waals surface area contributed by atoms with E-state index in [1.807, 2.05) is 22.6 Å². The molecule has 2 rings (SSSR count). The van der Waals surface area contributed by atoms with Gasteiger partial charge in [0.1, 0.15) is 5.75 Å². The molecule has 0 aliphatic rings. The monoisotopic (exact) mass is 495 g/mol. The molecule has 0 saturated carbocycles. The minimum Gasteiger partial charge on any atom is -0.496 e. The summed E-state index contributed by atoms with van der Waals surface area (Å²) < 4.78 is 38.1. The number of rotatable bonds is 6. The lowest BCUT2D eigenvalue weighted by Crippen LogP contribution is -2.14. The van der Waals surface area contributed by atoms with Gasteiger partial charge >= 0.3 is 5.97 Å². The molecule has 0 aromatic heterocycles. The van der Waals surface area contributed by atoms with Crippen molar-refractivity contribution in [2.24, 2.45) is 0 Å². The van der Waals surface area contributed by atoms with E-state index in [0.717, 1.165) is 0 Å². The highest BCUT2D eigenvalue weighted by atomic mass is 127. The van der Waals surface area contributed by atoms with E-state index in [1.165, 1.54) is 37.4 Å². The Kier molecular flexibility index (Phi) is 6.53. The Morgan fingerprint density at radius 1 is 1.24 bits per heavy atom. The number of halogens is 2. The predicted octanol–water partition coefficient (Wildman–Crippen LogP) is 3.93. The van der Waals surface area contributed by atoms with E-state index in [1.54, 1.807) is 13.0 Å². The van der Waals surface area contributed by atoms with Crippen molar-refractivity contribution in [1.29, 1.82) is 0 Å². The van der Waals surface area contributed by atoms with Gasteiger partial charge in [-0.1, -0.05) is 11.6 Å². The Morgan fingerprint density at radius 3 is 2.52 bits per heavy atom. The number of hydrogen-bond donors (Lipinski definition) is 1. The highest BCUT2D eigenvalue weighted by Gasteiger charge is 2.18. The number of ether oxygens (including phenoxy) is 2. The molecule has 0 heterocycles. The van der Waals surface area contributed by atoms with Gasteiger partial charge in [-0.2, -0.15) is 0 Å². The van der Waals surface area contributed by atoms with Crippen molar-refractivity contribution >= 4 is 55.9 Å². The minimum absolute atomic E-state index is 0.0724. The fraction of sp³-hybridized carbons (Fsp3) is 0.188. The molecule has 6 nitrogen and oxygen atoms in total. The lowest BCUT2D eigenvalue weighted by atomic mass is 10.2.